The highest BCUT2D eigenvalue weighted by atomic mass is 79.9. The molecular formula is C9H8BrClO. The van der Waals surface area contributed by atoms with Gasteiger partial charge in [0.2, 0.25) is 0 Å². The third-order valence-electron chi connectivity index (χ3n) is 1.49. The molecule has 0 N–H and O–H groups in total. The van der Waals surface area contributed by atoms with Crippen LogP contribution >= 0.6 is 27.5 Å². The second-order valence-electron chi connectivity index (χ2n) is 2.49. The molecule has 0 saturated carbocycles. The van der Waals surface area contributed by atoms with Crippen LogP contribution < -0.4 is 0 Å². The third kappa shape index (κ3) is 2.32. The van der Waals surface area contributed by atoms with Crippen LogP contribution in [0.3, 0.4) is 0 Å². The molecule has 1 aromatic carbocycles. The molecular weight excluding hydrogens is 239 g/mol. The topological polar surface area (TPSA) is 17.1 Å². The van der Waals surface area contributed by atoms with Crippen LogP contribution in [0.2, 0.25) is 0 Å². The predicted molar refractivity (Wildman–Crippen MR) is 53.8 cm³/mol. The first-order valence-electron chi connectivity index (χ1n) is 3.55. The number of benzene rings is 1. The fourth-order valence-electron chi connectivity index (χ4n) is 0.844. The maximum atomic E-state index is 11.3. The van der Waals surface area contributed by atoms with Crippen molar-refractivity contribution in [1.29, 1.82) is 0 Å². The Hall–Kier alpha value is -0.340. The van der Waals surface area contributed by atoms with Gasteiger partial charge in [0.15, 0.2) is 5.78 Å². The Balaban J connectivity index is 2.90. The van der Waals surface area contributed by atoms with Gasteiger partial charge < -0.3 is 0 Å². The first-order chi connectivity index (χ1) is 5.61. The van der Waals surface area contributed by atoms with Gasteiger partial charge in [-0.25, -0.2) is 0 Å². The molecule has 1 nitrogen and oxygen atoms in total. The standard InChI is InChI=1S/C9H8BrClO/c1-6(11)9(12)7-2-4-8(10)5-3-7/h2-6H,1H3/t6-/m1/s1. The van der Waals surface area contributed by atoms with Crippen LogP contribution in [0.1, 0.15) is 17.3 Å². The highest BCUT2D eigenvalue weighted by molar-refractivity contribution is 9.10. The van der Waals surface area contributed by atoms with Gasteiger partial charge in [0.25, 0.3) is 0 Å². The average molecular weight is 248 g/mol. The van der Waals surface area contributed by atoms with E-state index in [2.05, 4.69) is 15.9 Å². The molecule has 0 unspecified atom stereocenters. The first kappa shape index (κ1) is 9.75. The predicted octanol–water partition coefficient (Wildman–Crippen LogP) is 3.26. The van der Waals surface area contributed by atoms with E-state index in [-0.39, 0.29) is 5.78 Å². The summed E-state index contributed by atoms with van der Waals surface area (Å²) in [6.45, 7) is 1.67. The van der Waals surface area contributed by atoms with Crippen molar-refractivity contribution >= 4 is 33.3 Å². The van der Waals surface area contributed by atoms with Crippen molar-refractivity contribution in [2.45, 2.75) is 12.3 Å². The quantitative estimate of drug-likeness (QED) is 0.579. The monoisotopic (exact) mass is 246 g/mol. The number of carbonyl (C=O) groups excluding carboxylic acids is 1. The maximum Gasteiger partial charge on any atom is 0.180 e. The fourth-order valence-corrected chi connectivity index (χ4v) is 1.23. The molecule has 0 aliphatic heterocycles. The summed E-state index contributed by atoms with van der Waals surface area (Å²) in [7, 11) is 0. The molecule has 0 bridgehead atoms. The summed E-state index contributed by atoms with van der Waals surface area (Å²) in [5.41, 5.74) is 0.653. The molecule has 64 valence electrons. The van der Waals surface area contributed by atoms with Gasteiger partial charge in [-0.3, -0.25) is 4.79 Å². The molecule has 0 radical (unpaired) electrons. The molecule has 0 aliphatic rings. The van der Waals surface area contributed by atoms with Gasteiger partial charge >= 0.3 is 0 Å². The van der Waals surface area contributed by atoms with Crippen LogP contribution in [0.4, 0.5) is 0 Å². The van der Waals surface area contributed by atoms with Crippen LogP contribution in [0, 0.1) is 0 Å². The van der Waals surface area contributed by atoms with Crippen LogP contribution in [-0.2, 0) is 0 Å². The Bertz CT molecular complexity index is 279. The molecule has 0 saturated heterocycles. The number of rotatable bonds is 2. The van der Waals surface area contributed by atoms with E-state index >= 15 is 0 Å². The average Bonchev–Trinajstić information content (AvgIpc) is 2.04. The van der Waals surface area contributed by atoms with E-state index < -0.39 is 5.38 Å². The minimum Gasteiger partial charge on any atom is -0.293 e. The zero-order valence-electron chi connectivity index (χ0n) is 6.55. The Kier molecular flexibility index (Phi) is 3.29. The van der Waals surface area contributed by atoms with Crippen molar-refractivity contribution < 1.29 is 4.79 Å². The van der Waals surface area contributed by atoms with E-state index in [0.29, 0.717) is 5.56 Å². The Labute approximate surface area is 84.9 Å². The SMILES string of the molecule is C[C@@H](Cl)C(=O)c1ccc(Br)cc1. The largest absolute Gasteiger partial charge is 0.293 e. The molecule has 0 spiro atoms. The van der Waals surface area contributed by atoms with Crippen LogP contribution in [0.25, 0.3) is 0 Å². The Morgan fingerprint density at radius 3 is 2.33 bits per heavy atom. The highest BCUT2D eigenvalue weighted by Crippen LogP contribution is 2.13. The van der Waals surface area contributed by atoms with E-state index in [0.717, 1.165) is 4.47 Å². The second-order valence-corrected chi connectivity index (χ2v) is 4.06. The van der Waals surface area contributed by atoms with E-state index in [1.54, 1.807) is 19.1 Å². The van der Waals surface area contributed by atoms with E-state index in [1.165, 1.54) is 0 Å². The van der Waals surface area contributed by atoms with Crippen molar-refractivity contribution in [1.82, 2.24) is 0 Å². The number of alkyl halides is 1. The summed E-state index contributed by atoms with van der Waals surface area (Å²) in [6.07, 6.45) is 0. The lowest BCUT2D eigenvalue weighted by Gasteiger charge is -2.01. The number of halogens is 2. The van der Waals surface area contributed by atoms with Gasteiger partial charge in [-0.05, 0) is 19.1 Å². The van der Waals surface area contributed by atoms with E-state index in [4.69, 9.17) is 11.6 Å². The number of Topliss-reactive ketones (excluding diaryl/α,β-unsaturated/α-hetero) is 1. The molecule has 0 fully saturated rings. The molecule has 0 aromatic heterocycles. The van der Waals surface area contributed by atoms with Crippen LogP contribution in [-0.4, -0.2) is 11.2 Å². The molecule has 0 heterocycles. The smallest absolute Gasteiger partial charge is 0.180 e. The molecule has 0 aliphatic carbocycles. The summed E-state index contributed by atoms with van der Waals surface area (Å²) in [6, 6.07) is 7.16. The third-order valence-corrected chi connectivity index (χ3v) is 2.22. The zero-order chi connectivity index (χ0) is 9.14. The van der Waals surface area contributed by atoms with Gasteiger partial charge in [-0.1, -0.05) is 28.1 Å². The first-order valence-corrected chi connectivity index (χ1v) is 4.78. The van der Waals surface area contributed by atoms with E-state index in [9.17, 15) is 4.79 Å². The summed E-state index contributed by atoms with van der Waals surface area (Å²) in [5, 5.41) is -0.453. The molecule has 12 heavy (non-hydrogen) atoms. The number of hydrogen-bond donors (Lipinski definition) is 0. The van der Waals surface area contributed by atoms with Crippen molar-refractivity contribution in [3.63, 3.8) is 0 Å². The minimum atomic E-state index is -0.453. The highest BCUT2D eigenvalue weighted by Gasteiger charge is 2.10. The summed E-state index contributed by atoms with van der Waals surface area (Å²) < 4.78 is 0.960. The Morgan fingerprint density at radius 1 is 1.42 bits per heavy atom. The summed E-state index contributed by atoms with van der Waals surface area (Å²) in [5.74, 6) is -0.0378. The van der Waals surface area contributed by atoms with Crippen molar-refractivity contribution in [2.24, 2.45) is 0 Å². The van der Waals surface area contributed by atoms with Crippen LogP contribution in [0.5, 0.6) is 0 Å². The van der Waals surface area contributed by atoms with Gasteiger partial charge in [0, 0.05) is 10.0 Å². The van der Waals surface area contributed by atoms with Gasteiger partial charge in [0.1, 0.15) is 0 Å². The summed E-state index contributed by atoms with van der Waals surface area (Å²) >= 11 is 8.93. The lowest BCUT2D eigenvalue weighted by atomic mass is 10.1. The van der Waals surface area contributed by atoms with Crippen LogP contribution in [0.15, 0.2) is 28.7 Å². The minimum absolute atomic E-state index is 0.0378. The number of hydrogen-bond acceptors (Lipinski definition) is 1. The fraction of sp³-hybridized carbons (Fsp3) is 0.222. The number of carbonyl (C=O) groups is 1. The lowest BCUT2D eigenvalue weighted by molar-refractivity contribution is 0.0992. The Morgan fingerprint density at radius 2 is 1.92 bits per heavy atom. The number of ketones is 1. The van der Waals surface area contributed by atoms with Gasteiger partial charge in [-0.2, -0.15) is 0 Å². The maximum absolute atomic E-state index is 11.3. The lowest BCUT2D eigenvalue weighted by Crippen LogP contribution is -2.09. The van der Waals surface area contributed by atoms with Crippen molar-refractivity contribution in [3.8, 4) is 0 Å². The molecule has 3 heteroatoms. The molecule has 1 rings (SSSR count). The van der Waals surface area contributed by atoms with Gasteiger partial charge in [0.05, 0.1) is 5.38 Å². The molecule has 0 amide bonds. The van der Waals surface area contributed by atoms with E-state index in [1.807, 2.05) is 12.1 Å². The van der Waals surface area contributed by atoms with Gasteiger partial charge in [-0.15, -0.1) is 11.6 Å². The van der Waals surface area contributed by atoms with Crippen molar-refractivity contribution in [3.05, 3.63) is 34.3 Å². The summed E-state index contributed by atoms with van der Waals surface area (Å²) in [4.78, 5) is 11.3. The molecule has 1 atom stereocenters. The molecule has 1 aromatic rings. The second kappa shape index (κ2) is 4.06. The van der Waals surface area contributed by atoms with Crippen molar-refractivity contribution in [2.75, 3.05) is 0 Å². The normalized spacial score (nSPS) is 12.6. The zero-order valence-corrected chi connectivity index (χ0v) is 8.89.